The van der Waals surface area contributed by atoms with E-state index in [0.717, 1.165) is 19.4 Å². The fourth-order valence-electron chi connectivity index (χ4n) is 1.78. The molecule has 0 saturated carbocycles. The summed E-state index contributed by atoms with van der Waals surface area (Å²) in [6.07, 6.45) is 2.20. The third kappa shape index (κ3) is 2.75. The highest BCUT2D eigenvalue weighted by Gasteiger charge is 2.19. The molecule has 0 aliphatic carbocycles. The second kappa shape index (κ2) is 5.34. The van der Waals surface area contributed by atoms with Gasteiger partial charge in [-0.15, -0.1) is 0 Å². The first-order chi connectivity index (χ1) is 7.77. The van der Waals surface area contributed by atoms with Crippen molar-refractivity contribution in [2.75, 3.05) is 13.2 Å². The zero-order chi connectivity index (χ0) is 11.4. The summed E-state index contributed by atoms with van der Waals surface area (Å²) in [7, 11) is -1.50. The topological polar surface area (TPSA) is 58.9 Å². The van der Waals surface area contributed by atoms with Crippen molar-refractivity contribution >= 4 is 12.6 Å². The van der Waals surface area contributed by atoms with Crippen LogP contribution in [0.1, 0.15) is 12.8 Å². The molecule has 0 bridgehead atoms. The number of hydrogen-bond donors (Lipinski definition) is 2. The summed E-state index contributed by atoms with van der Waals surface area (Å²) in [6.45, 7) is 1.25. The molecule has 4 nitrogen and oxygen atoms in total. The maximum atomic E-state index is 9.14. The SMILES string of the molecule is OB(O)c1ccccc1OCC1CCCO1. The highest BCUT2D eigenvalue weighted by molar-refractivity contribution is 6.59. The lowest BCUT2D eigenvalue weighted by Crippen LogP contribution is -2.32. The second-order valence-electron chi connectivity index (χ2n) is 3.86. The van der Waals surface area contributed by atoms with Crippen LogP contribution in [0.3, 0.4) is 0 Å². The van der Waals surface area contributed by atoms with E-state index in [4.69, 9.17) is 19.5 Å². The van der Waals surface area contributed by atoms with E-state index in [0.29, 0.717) is 17.8 Å². The Balaban J connectivity index is 1.97. The third-order valence-electron chi connectivity index (χ3n) is 2.65. The molecule has 86 valence electrons. The molecule has 2 N–H and O–H groups in total. The summed E-state index contributed by atoms with van der Waals surface area (Å²) in [4.78, 5) is 0. The second-order valence-corrected chi connectivity index (χ2v) is 3.86. The number of ether oxygens (including phenoxy) is 2. The Kier molecular flexibility index (Phi) is 3.82. The third-order valence-corrected chi connectivity index (χ3v) is 2.65. The molecule has 5 heteroatoms. The van der Waals surface area contributed by atoms with Crippen molar-refractivity contribution in [1.82, 2.24) is 0 Å². The highest BCUT2D eigenvalue weighted by Crippen LogP contribution is 2.14. The lowest BCUT2D eigenvalue weighted by Gasteiger charge is -2.14. The number of benzene rings is 1. The fraction of sp³-hybridized carbons (Fsp3) is 0.455. The molecular formula is C11H15BO4. The van der Waals surface area contributed by atoms with Crippen LogP contribution in [0, 0.1) is 0 Å². The fourth-order valence-corrected chi connectivity index (χ4v) is 1.78. The van der Waals surface area contributed by atoms with E-state index in [1.807, 2.05) is 0 Å². The van der Waals surface area contributed by atoms with E-state index in [2.05, 4.69) is 0 Å². The minimum Gasteiger partial charge on any atom is -0.491 e. The minimum absolute atomic E-state index is 0.129. The van der Waals surface area contributed by atoms with E-state index in [1.54, 1.807) is 24.3 Å². The molecule has 1 heterocycles. The summed E-state index contributed by atoms with van der Waals surface area (Å²) in [5, 5.41) is 18.3. The van der Waals surface area contributed by atoms with E-state index in [9.17, 15) is 0 Å². The Morgan fingerprint density at radius 1 is 1.38 bits per heavy atom. The summed E-state index contributed by atoms with van der Waals surface area (Å²) >= 11 is 0. The van der Waals surface area contributed by atoms with Gasteiger partial charge in [0.05, 0.1) is 6.10 Å². The molecule has 1 atom stereocenters. The van der Waals surface area contributed by atoms with Crippen molar-refractivity contribution in [1.29, 1.82) is 0 Å². The monoisotopic (exact) mass is 222 g/mol. The van der Waals surface area contributed by atoms with Gasteiger partial charge in [0.2, 0.25) is 0 Å². The van der Waals surface area contributed by atoms with Crippen LogP contribution in [-0.2, 0) is 4.74 Å². The first-order valence-electron chi connectivity index (χ1n) is 5.47. The van der Waals surface area contributed by atoms with Gasteiger partial charge < -0.3 is 19.5 Å². The van der Waals surface area contributed by atoms with E-state index in [1.165, 1.54) is 0 Å². The molecule has 1 aliphatic rings. The van der Waals surface area contributed by atoms with Crippen molar-refractivity contribution < 1.29 is 19.5 Å². The van der Waals surface area contributed by atoms with Crippen LogP contribution in [0.15, 0.2) is 24.3 Å². The largest absolute Gasteiger partial charge is 0.492 e. The highest BCUT2D eigenvalue weighted by atomic mass is 16.5. The predicted molar refractivity (Wildman–Crippen MR) is 60.7 cm³/mol. The normalized spacial score (nSPS) is 19.8. The Morgan fingerprint density at radius 2 is 2.19 bits per heavy atom. The van der Waals surface area contributed by atoms with Crippen LogP contribution in [0.4, 0.5) is 0 Å². The zero-order valence-corrected chi connectivity index (χ0v) is 9.00. The average molecular weight is 222 g/mol. The van der Waals surface area contributed by atoms with Gasteiger partial charge in [-0.1, -0.05) is 18.2 Å². The minimum atomic E-state index is -1.50. The van der Waals surface area contributed by atoms with Crippen LogP contribution in [0.5, 0.6) is 5.75 Å². The van der Waals surface area contributed by atoms with Gasteiger partial charge in [-0.2, -0.15) is 0 Å². The molecule has 1 aromatic carbocycles. The van der Waals surface area contributed by atoms with Crippen LogP contribution in [-0.4, -0.2) is 36.5 Å². The van der Waals surface area contributed by atoms with E-state index in [-0.39, 0.29) is 6.10 Å². The Labute approximate surface area is 95.0 Å². The Morgan fingerprint density at radius 3 is 2.88 bits per heavy atom. The Bertz CT molecular complexity index is 337. The summed E-state index contributed by atoms with van der Waals surface area (Å²) in [6, 6.07) is 6.91. The van der Waals surface area contributed by atoms with E-state index < -0.39 is 7.12 Å². The van der Waals surface area contributed by atoms with Crippen LogP contribution in [0.2, 0.25) is 0 Å². The quantitative estimate of drug-likeness (QED) is 0.700. The first-order valence-corrected chi connectivity index (χ1v) is 5.47. The van der Waals surface area contributed by atoms with Crippen molar-refractivity contribution in [2.45, 2.75) is 18.9 Å². The van der Waals surface area contributed by atoms with Gasteiger partial charge in [-0.25, -0.2) is 0 Å². The summed E-state index contributed by atoms with van der Waals surface area (Å²) in [5.41, 5.74) is 0.389. The van der Waals surface area contributed by atoms with E-state index >= 15 is 0 Å². The van der Waals surface area contributed by atoms with Gasteiger partial charge in [0, 0.05) is 12.1 Å². The molecular weight excluding hydrogens is 207 g/mol. The average Bonchev–Trinajstić information content (AvgIpc) is 2.79. The van der Waals surface area contributed by atoms with Gasteiger partial charge in [-0.05, 0) is 18.9 Å². The summed E-state index contributed by atoms with van der Waals surface area (Å²) < 4.78 is 11.0. The van der Waals surface area contributed by atoms with Crippen molar-refractivity contribution in [2.24, 2.45) is 0 Å². The van der Waals surface area contributed by atoms with Gasteiger partial charge in [-0.3, -0.25) is 0 Å². The Hall–Kier alpha value is -1.04. The predicted octanol–water partition coefficient (Wildman–Crippen LogP) is -0.0758. The van der Waals surface area contributed by atoms with Crippen molar-refractivity contribution in [3.63, 3.8) is 0 Å². The van der Waals surface area contributed by atoms with Crippen molar-refractivity contribution in [3.8, 4) is 5.75 Å². The lowest BCUT2D eigenvalue weighted by molar-refractivity contribution is 0.0682. The molecule has 0 aromatic heterocycles. The van der Waals surface area contributed by atoms with Crippen molar-refractivity contribution in [3.05, 3.63) is 24.3 Å². The molecule has 0 spiro atoms. The zero-order valence-electron chi connectivity index (χ0n) is 9.00. The molecule has 2 rings (SSSR count). The molecule has 1 aliphatic heterocycles. The smallest absolute Gasteiger partial charge is 0.491 e. The molecule has 0 amide bonds. The molecule has 0 radical (unpaired) electrons. The molecule has 16 heavy (non-hydrogen) atoms. The maximum absolute atomic E-state index is 9.14. The number of para-hydroxylation sites is 1. The molecule has 1 saturated heterocycles. The van der Waals surface area contributed by atoms with Crippen LogP contribution < -0.4 is 10.2 Å². The lowest BCUT2D eigenvalue weighted by atomic mass is 9.79. The maximum Gasteiger partial charge on any atom is 0.492 e. The number of rotatable bonds is 4. The first kappa shape index (κ1) is 11.5. The van der Waals surface area contributed by atoms with Crippen LogP contribution in [0.25, 0.3) is 0 Å². The van der Waals surface area contributed by atoms with Crippen LogP contribution >= 0.6 is 0 Å². The standard InChI is InChI=1S/C11H15BO4/c13-12(14)10-5-1-2-6-11(10)16-8-9-4-3-7-15-9/h1-2,5-6,9,13-14H,3-4,7-8H2. The van der Waals surface area contributed by atoms with Gasteiger partial charge in [0.1, 0.15) is 12.4 Å². The molecule has 1 unspecified atom stereocenters. The van der Waals surface area contributed by atoms with Gasteiger partial charge >= 0.3 is 7.12 Å². The van der Waals surface area contributed by atoms with Gasteiger partial charge in [0.25, 0.3) is 0 Å². The molecule has 1 aromatic rings. The summed E-state index contributed by atoms with van der Waals surface area (Å²) in [5.74, 6) is 0.507. The number of hydrogen-bond acceptors (Lipinski definition) is 4. The van der Waals surface area contributed by atoms with Gasteiger partial charge in [0.15, 0.2) is 0 Å². The molecule has 1 fully saturated rings.